The number of ether oxygens (including phenoxy) is 1. The summed E-state index contributed by atoms with van der Waals surface area (Å²) in [6, 6.07) is 0. The van der Waals surface area contributed by atoms with Gasteiger partial charge in [-0.15, -0.1) is 0 Å². The van der Waals surface area contributed by atoms with Gasteiger partial charge in [0.1, 0.15) is 0 Å². The van der Waals surface area contributed by atoms with Crippen LogP contribution in [0.15, 0.2) is 11.1 Å². The second-order valence-electron chi connectivity index (χ2n) is 5.85. The molecule has 0 radical (unpaired) electrons. The van der Waals surface area contributed by atoms with Crippen LogP contribution in [0.4, 0.5) is 0 Å². The lowest BCUT2D eigenvalue weighted by Gasteiger charge is -2.29. The van der Waals surface area contributed by atoms with Crippen molar-refractivity contribution in [2.45, 2.75) is 65.1 Å². The van der Waals surface area contributed by atoms with Gasteiger partial charge < -0.3 is 4.74 Å². The van der Waals surface area contributed by atoms with Crippen molar-refractivity contribution in [1.82, 2.24) is 0 Å². The number of hydrogen-bond acceptors (Lipinski definition) is 1. The standard InChI is InChI=1S/C13H22O/c1-9-7-6-8-10-11(9)13(4,5)14-12(10,2)3/h10H,6-8H2,1-5H3. The average Bonchev–Trinajstić information content (AvgIpc) is 2.18. The molecule has 2 rings (SSSR count). The highest BCUT2D eigenvalue weighted by atomic mass is 16.5. The number of fused-ring (bicyclic) bond motifs is 1. The first kappa shape index (κ1) is 10.2. The first-order valence-corrected chi connectivity index (χ1v) is 5.75. The predicted octanol–water partition coefficient (Wildman–Crippen LogP) is 3.69. The van der Waals surface area contributed by atoms with Gasteiger partial charge in [0.25, 0.3) is 0 Å². The zero-order valence-electron chi connectivity index (χ0n) is 10.1. The Kier molecular flexibility index (Phi) is 2.08. The van der Waals surface area contributed by atoms with Crippen molar-refractivity contribution in [3.05, 3.63) is 11.1 Å². The molecule has 1 saturated heterocycles. The summed E-state index contributed by atoms with van der Waals surface area (Å²) in [5.41, 5.74) is 3.18. The highest BCUT2D eigenvalue weighted by Crippen LogP contribution is 2.52. The van der Waals surface area contributed by atoms with Crippen LogP contribution in [0.5, 0.6) is 0 Å². The van der Waals surface area contributed by atoms with Crippen LogP contribution >= 0.6 is 0 Å². The highest BCUT2D eigenvalue weighted by Gasteiger charge is 2.50. The molecule has 0 aromatic carbocycles. The molecule has 14 heavy (non-hydrogen) atoms. The van der Waals surface area contributed by atoms with E-state index >= 15 is 0 Å². The Labute approximate surface area is 87.5 Å². The van der Waals surface area contributed by atoms with Crippen LogP contribution in [0.2, 0.25) is 0 Å². The largest absolute Gasteiger partial charge is 0.365 e. The van der Waals surface area contributed by atoms with E-state index in [2.05, 4.69) is 34.6 Å². The maximum absolute atomic E-state index is 6.20. The van der Waals surface area contributed by atoms with Crippen molar-refractivity contribution in [3.8, 4) is 0 Å². The molecule has 1 nitrogen and oxygen atoms in total. The van der Waals surface area contributed by atoms with E-state index in [1.165, 1.54) is 19.3 Å². The Morgan fingerprint density at radius 2 is 1.86 bits per heavy atom. The van der Waals surface area contributed by atoms with Crippen LogP contribution in [0.25, 0.3) is 0 Å². The molecule has 1 unspecified atom stereocenters. The van der Waals surface area contributed by atoms with Gasteiger partial charge in [-0.3, -0.25) is 0 Å². The lowest BCUT2D eigenvalue weighted by atomic mass is 9.73. The molecule has 1 fully saturated rings. The molecule has 1 atom stereocenters. The Bertz CT molecular complexity index is 284. The van der Waals surface area contributed by atoms with Crippen molar-refractivity contribution >= 4 is 0 Å². The van der Waals surface area contributed by atoms with E-state index < -0.39 is 0 Å². The van der Waals surface area contributed by atoms with Crippen molar-refractivity contribution in [1.29, 1.82) is 0 Å². The lowest BCUT2D eigenvalue weighted by Crippen LogP contribution is -2.29. The minimum atomic E-state index is -0.0291. The zero-order chi connectivity index (χ0) is 10.6. The van der Waals surface area contributed by atoms with Gasteiger partial charge in [0, 0.05) is 5.92 Å². The van der Waals surface area contributed by atoms with Crippen LogP contribution < -0.4 is 0 Å². The molecular formula is C13H22O. The first-order valence-electron chi connectivity index (χ1n) is 5.75. The van der Waals surface area contributed by atoms with Crippen LogP contribution in [0.1, 0.15) is 53.9 Å². The molecule has 0 aromatic rings. The van der Waals surface area contributed by atoms with Crippen molar-refractivity contribution < 1.29 is 4.74 Å². The van der Waals surface area contributed by atoms with Crippen LogP contribution in [-0.4, -0.2) is 11.2 Å². The molecule has 1 heteroatoms. The fraction of sp³-hybridized carbons (Fsp3) is 0.846. The summed E-state index contributed by atoms with van der Waals surface area (Å²) in [5, 5.41) is 0. The minimum Gasteiger partial charge on any atom is -0.365 e. The second-order valence-corrected chi connectivity index (χ2v) is 5.85. The van der Waals surface area contributed by atoms with Gasteiger partial charge >= 0.3 is 0 Å². The Morgan fingerprint density at radius 3 is 2.43 bits per heavy atom. The summed E-state index contributed by atoms with van der Waals surface area (Å²) in [7, 11) is 0. The fourth-order valence-electron chi connectivity index (χ4n) is 3.56. The van der Waals surface area contributed by atoms with E-state index in [9.17, 15) is 0 Å². The molecule has 0 amide bonds. The normalized spacial score (nSPS) is 34.5. The highest BCUT2D eigenvalue weighted by molar-refractivity contribution is 5.32. The number of allylic oxidation sites excluding steroid dienone is 1. The third-order valence-electron chi connectivity index (χ3n) is 3.86. The smallest absolute Gasteiger partial charge is 0.0849 e. The maximum Gasteiger partial charge on any atom is 0.0849 e. The van der Waals surface area contributed by atoms with E-state index in [0.717, 1.165) is 0 Å². The molecule has 1 aliphatic carbocycles. The number of rotatable bonds is 0. The van der Waals surface area contributed by atoms with Crippen LogP contribution in [0, 0.1) is 5.92 Å². The predicted molar refractivity (Wildman–Crippen MR) is 59.3 cm³/mol. The van der Waals surface area contributed by atoms with E-state index in [1.54, 1.807) is 11.1 Å². The summed E-state index contributed by atoms with van der Waals surface area (Å²) >= 11 is 0. The molecule has 0 spiro atoms. The maximum atomic E-state index is 6.20. The third-order valence-corrected chi connectivity index (χ3v) is 3.86. The van der Waals surface area contributed by atoms with Crippen molar-refractivity contribution in [3.63, 3.8) is 0 Å². The summed E-state index contributed by atoms with van der Waals surface area (Å²) in [5.74, 6) is 0.659. The quantitative estimate of drug-likeness (QED) is 0.534. The van der Waals surface area contributed by atoms with Gasteiger partial charge in [-0.05, 0) is 59.5 Å². The van der Waals surface area contributed by atoms with E-state index in [1.807, 2.05) is 0 Å². The Hall–Kier alpha value is -0.300. The topological polar surface area (TPSA) is 9.23 Å². The van der Waals surface area contributed by atoms with Crippen molar-refractivity contribution in [2.75, 3.05) is 0 Å². The molecule has 0 bridgehead atoms. The fourth-order valence-corrected chi connectivity index (χ4v) is 3.56. The van der Waals surface area contributed by atoms with Crippen LogP contribution in [-0.2, 0) is 4.74 Å². The molecule has 0 N–H and O–H groups in total. The summed E-state index contributed by atoms with van der Waals surface area (Å²) < 4.78 is 6.20. The molecule has 2 aliphatic rings. The van der Waals surface area contributed by atoms with Gasteiger partial charge in [0.05, 0.1) is 11.2 Å². The van der Waals surface area contributed by atoms with Crippen molar-refractivity contribution in [2.24, 2.45) is 5.92 Å². The molecule has 80 valence electrons. The number of hydrogen-bond donors (Lipinski definition) is 0. The van der Waals surface area contributed by atoms with Gasteiger partial charge in [-0.2, -0.15) is 0 Å². The monoisotopic (exact) mass is 194 g/mol. The lowest BCUT2D eigenvalue weighted by molar-refractivity contribution is -0.0710. The first-order chi connectivity index (χ1) is 6.34. The van der Waals surface area contributed by atoms with E-state index in [-0.39, 0.29) is 11.2 Å². The summed E-state index contributed by atoms with van der Waals surface area (Å²) in [4.78, 5) is 0. The van der Waals surface area contributed by atoms with Gasteiger partial charge in [-0.25, -0.2) is 0 Å². The summed E-state index contributed by atoms with van der Waals surface area (Å²) in [6.07, 6.45) is 3.92. The van der Waals surface area contributed by atoms with E-state index in [0.29, 0.717) is 5.92 Å². The van der Waals surface area contributed by atoms with Gasteiger partial charge in [-0.1, -0.05) is 5.57 Å². The molecule has 0 aromatic heterocycles. The molecular weight excluding hydrogens is 172 g/mol. The average molecular weight is 194 g/mol. The third kappa shape index (κ3) is 1.33. The summed E-state index contributed by atoms with van der Waals surface area (Å²) in [6.45, 7) is 11.2. The zero-order valence-corrected chi connectivity index (χ0v) is 10.1. The molecule has 0 saturated carbocycles. The minimum absolute atomic E-state index is 0.0291. The van der Waals surface area contributed by atoms with Crippen LogP contribution in [0.3, 0.4) is 0 Å². The van der Waals surface area contributed by atoms with E-state index in [4.69, 9.17) is 4.74 Å². The molecule has 1 heterocycles. The Morgan fingerprint density at radius 1 is 1.21 bits per heavy atom. The van der Waals surface area contributed by atoms with Gasteiger partial charge in [0.2, 0.25) is 0 Å². The SMILES string of the molecule is CC1=C2C(CCC1)C(C)(C)OC2(C)C. The van der Waals surface area contributed by atoms with Gasteiger partial charge in [0.15, 0.2) is 0 Å². The molecule has 1 aliphatic heterocycles. The Balaban J connectivity index is 2.48. The second kappa shape index (κ2) is 2.85.